The summed E-state index contributed by atoms with van der Waals surface area (Å²) in [6.07, 6.45) is 1.34. The number of hydrogen-bond donors (Lipinski definition) is 0. The van der Waals surface area contributed by atoms with E-state index in [1.165, 1.54) is 12.3 Å². The molecule has 0 bridgehead atoms. The van der Waals surface area contributed by atoms with Crippen molar-refractivity contribution in [2.45, 2.75) is 13.5 Å². The smallest absolute Gasteiger partial charge is 0.227 e. The fraction of sp³-hybridized carbons (Fsp3) is 0.154. The van der Waals surface area contributed by atoms with Crippen LogP contribution >= 0.6 is 23.2 Å². The highest BCUT2D eigenvalue weighted by Gasteiger charge is 2.07. The third kappa shape index (κ3) is 2.86. The molecule has 2 rings (SSSR count). The number of halogens is 2. The van der Waals surface area contributed by atoms with Crippen LogP contribution < -0.4 is 10.2 Å². The third-order valence-electron chi connectivity index (χ3n) is 2.37. The van der Waals surface area contributed by atoms with E-state index in [2.05, 4.69) is 0 Å². The summed E-state index contributed by atoms with van der Waals surface area (Å²) in [7, 11) is 0. The molecule has 0 radical (unpaired) electrons. The number of ether oxygens (including phenoxy) is 1. The van der Waals surface area contributed by atoms with Crippen molar-refractivity contribution in [1.29, 1.82) is 0 Å². The molecule has 0 spiro atoms. The van der Waals surface area contributed by atoms with Crippen LogP contribution in [0.1, 0.15) is 11.3 Å². The minimum atomic E-state index is -0.209. The Bertz CT molecular complexity index is 620. The van der Waals surface area contributed by atoms with Gasteiger partial charge in [0.1, 0.15) is 12.4 Å². The quantitative estimate of drug-likeness (QED) is 0.860. The lowest BCUT2D eigenvalue weighted by molar-refractivity contribution is 0.286. The lowest BCUT2D eigenvalue weighted by Crippen LogP contribution is -2.08. The first kappa shape index (κ1) is 13.0. The molecule has 1 heterocycles. The Morgan fingerprint density at radius 1 is 1.22 bits per heavy atom. The molecule has 0 atom stereocenters. The first-order chi connectivity index (χ1) is 8.58. The van der Waals surface area contributed by atoms with Crippen LogP contribution in [0, 0.1) is 6.92 Å². The first-order valence-corrected chi connectivity index (χ1v) is 5.98. The van der Waals surface area contributed by atoms with E-state index >= 15 is 0 Å². The largest absolute Gasteiger partial charge is 0.482 e. The van der Waals surface area contributed by atoms with Crippen LogP contribution in [0.5, 0.6) is 5.75 Å². The highest BCUT2D eigenvalue weighted by atomic mass is 35.5. The molecule has 94 valence electrons. The lowest BCUT2D eigenvalue weighted by Gasteiger charge is -2.07. The maximum absolute atomic E-state index is 11.6. The molecule has 0 unspecified atom stereocenters. The molecule has 0 aliphatic rings. The average Bonchev–Trinajstić information content (AvgIpc) is 2.33. The van der Waals surface area contributed by atoms with Crippen molar-refractivity contribution in [3.8, 4) is 5.75 Å². The molecule has 0 N–H and O–H groups in total. The Hall–Kier alpha value is -1.45. The summed E-state index contributed by atoms with van der Waals surface area (Å²) >= 11 is 11.7. The maximum atomic E-state index is 11.6. The molecule has 18 heavy (non-hydrogen) atoms. The van der Waals surface area contributed by atoms with E-state index in [4.69, 9.17) is 32.4 Å². The molecule has 1 aromatic heterocycles. The van der Waals surface area contributed by atoms with Crippen molar-refractivity contribution in [3.63, 3.8) is 0 Å². The van der Waals surface area contributed by atoms with Gasteiger partial charge >= 0.3 is 0 Å². The zero-order valence-corrected chi connectivity index (χ0v) is 11.1. The Labute approximate surface area is 114 Å². The normalized spacial score (nSPS) is 10.4. The van der Waals surface area contributed by atoms with E-state index < -0.39 is 0 Å². The van der Waals surface area contributed by atoms with Crippen LogP contribution in [0.25, 0.3) is 0 Å². The van der Waals surface area contributed by atoms with Crippen molar-refractivity contribution in [2.75, 3.05) is 0 Å². The van der Waals surface area contributed by atoms with E-state index in [0.29, 0.717) is 15.8 Å². The molecule has 0 saturated heterocycles. The van der Waals surface area contributed by atoms with Gasteiger partial charge in [-0.05, 0) is 24.6 Å². The standard InChI is InChI=1S/C13H10Cl2O3/c1-8-13(12(16)4-5-17-8)18-7-9-2-3-10(14)11(15)6-9/h2-6H,7H2,1H3. The second-order valence-electron chi connectivity index (χ2n) is 3.71. The Balaban J connectivity index is 2.16. The lowest BCUT2D eigenvalue weighted by atomic mass is 10.2. The Kier molecular flexibility index (Phi) is 3.94. The molecule has 1 aromatic carbocycles. The molecule has 0 aliphatic carbocycles. The van der Waals surface area contributed by atoms with E-state index in [1.54, 1.807) is 25.1 Å². The van der Waals surface area contributed by atoms with Crippen molar-refractivity contribution in [3.05, 3.63) is 62.1 Å². The Morgan fingerprint density at radius 2 is 2.00 bits per heavy atom. The second kappa shape index (κ2) is 5.46. The monoisotopic (exact) mass is 284 g/mol. The number of rotatable bonds is 3. The van der Waals surface area contributed by atoms with Crippen LogP contribution in [0.15, 0.2) is 39.7 Å². The van der Waals surface area contributed by atoms with E-state index in [9.17, 15) is 4.79 Å². The zero-order valence-electron chi connectivity index (χ0n) is 9.57. The van der Waals surface area contributed by atoms with Crippen LogP contribution in [0.2, 0.25) is 10.0 Å². The van der Waals surface area contributed by atoms with Gasteiger partial charge in [-0.3, -0.25) is 4.79 Å². The van der Waals surface area contributed by atoms with Crippen molar-refractivity contribution in [1.82, 2.24) is 0 Å². The van der Waals surface area contributed by atoms with Crippen molar-refractivity contribution in [2.24, 2.45) is 0 Å². The summed E-state index contributed by atoms with van der Waals surface area (Å²) in [6, 6.07) is 6.48. The van der Waals surface area contributed by atoms with Crippen LogP contribution in [-0.4, -0.2) is 0 Å². The SMILES string of the molecule is Cc1occc(=O)c1OCc1ccc(Cl)c(Cl)c1. The Morgan fingerprint density at radius 3 is 2.67 bits per heavy atom. The van der Waals surface area contributed by atoms with Gasteiger partial charge in [0.05, 0.1) is 16.3 Å². The average molecular weight is 285 g/mol. The van der Waals surface area contributed by atoms with Crippen molar-refractivity contribution < 1.29 is 9.15 Å². The third-order valence-corrected chi connectivity index (χ3v) is 3.11. The number of benzene rings is 1. The highest BCUT2D eigenvalue weighted by Crippen LogP contribution is 2.23. The minimum absolute atomic E-state index is 0.209. The maximum Gasteiger partial charge on any atom is 0.227 e. The van der Waals surface area contributed by atoms with Crippen LogP contribution in [0.3, 0.4) is 0 Å². The van der Waals surface area contributed by atoms with Gasteiger partial charge in [-0.2, -0.15) is 0 Å². The first-order valence-electron chi connectivity index (χ1n) is 5.23. The number of hydrogen-bond acceptors (Lipinski definition) is 3. The summed E-state index contributed by atoms with van der Waals surface area (Å²) in [5.41, 5.74) is 0.617. The van der Waals surface area contributed by atoms with E-state index in [-0.39, 0.29) is 17.8 Å². The minimum Gasteiger partial charge on any atom is -0.482 e. The van der Waals surface area contributed by atoms with Gasteiger partial charge in [-0.25, -0.2) is 0 Å². The van der Waals surface area contributed by atoms with Gasteiger partial charge in [0.15, 0.2) is 0 Å². The van der Waals surface area contributed by atoms with Gasteiger partial charge in [-0.1, -0.05) is 29.3 Å². The van der Waals surface area contributed by atoms with E-state index in [0.717, 1.165) is 5.56 Å². The highest BCUT2D eigenvalue weighted by molar-refractivity contribution is 6.42. The predicted molar refractivity (Wildman–Crippen MR) is 70.5 cm³/mol. The molecule has 3 nitrogen and oxygen atoms in total. The van der Waals surface area contributed by atoms with Gasteiger partial charge in [0.2, 0.25) is 11.2 Å². The zero-order chi connectivity index (χ0) is 13.1. The van der Waals surface area contributed by atoms with Crippen molar-refractivity contribution >= 4 is 23.2 Å². The van der Waals surface area contributed by atoms with Gasteiger partial charge < -0.3 is 9.15 Å². The molecule has 0 fully saturated rings. The molecular formula is C13H10Cl2O3. The van der Waals surface area contributed by atoms with Gasteiger partial charge in [0.25, 0.3) is 0 Å². The fourth-order valence-electron chi connectivity index (χ4n) is 1.46. The van der Waals surface area contributed by atoms with E-state index in [1.807, 2.05) is 0 Å². The molecule has 0 saturated carbocycles. The predicted octanol–water partition coefficient (Wildman–Crippen LogP) is 3.83. The molecular weight excluding hydrogens is 275 g/mol. The fourth-order valence-corrected chi connectivity index (χ4v) is 1.78. The summed E-state index contributed by atoms with van der Waals surface area (Å²) in [5.74, 6) is 0.658. The summed E-state index contributed by atoms with van der Waals surface area (Å²) < 4.78 is 10.5. The molecule has 2 aromatic rings. The van der Waals surface area contributed by atoms with Crippen LogP contribution in [0.4, 0.5) is 0 Å². The molecule has 0 aliphatic heterocycles. The molecule has 0 amide bonds. The van der Waals surface area contributed by atoms with Gasteiger partial charge in [0, 0.05) is 6.07 Å². The topological polar surface area (TPSA) is 39.4 Å². The summed E-state index contributed by atoms with van der Waals surface area (Å²) in [5, 5.41) is 0.936. The van der Waals surface area contributed by atoms with Crippen LogP contribution in [-0.2, 0) is 6.61 Å². The molecule has 5 heteroatoms. The summed E-state index contributed by atoms with van der Waals surface area (Å²) in [4.78, 5) is 11.6. The number of aryl methyl sites for hydroxylation is 1. The summed E-state index contributed by atoms with van der Waals surface area (Å²) in [6.45, 7) is 1.90. The van der Waals surface area contributed by atoms with Gasteiger partial charge in [-0.15, -0.1) is 0 Å². The second-order valence-corrected chi connectivity index (χ2v) is 4.52.